The van der Waals surface area contributed by atoms with Crippen molar-refractivity contribution in [1.29, 1.82) is 0 Å². The van der Waals surface area contributed by atoms with Crippen LogP contribution in [0.2, 0.25) is 0 Å². The Morgan fingerprint density at radius 2 is 1.80 bits per heavy atom. The maximum atomic E-state index is 5.54. The largest absolute Gasteiger partial charge is 0.454 e. The lowest BCUT2D eigenvalue weighted by molar-refractivity contribution is 0.174. The molecule has 3 rings (SSSR count). The van der Waals surface area contributed by atoms with Crippen LogP contribution in [0.3, 0.4) is 0 Å². The zero-order valence-corrected chi connectivity index (χ0v) is 11.9. The molecule has 110 valence electrons. The van der Waals surface area contributed by atoms with Gasteiger partial charge >= 0.3 is 0 Å². The standard InChI is InChI=1S/C15H23N3O2/c16-5-1-2-6-17-7-9-18(10-8-17)13-3-4-14-15(11-13)20-12-19-14/h3-4,11H,1-2,5-10,12,16H2. The molecule has 2 N–H and O–H groups in total. The van der Waals surface area contributed by atoms with Gasteiger partial charge in [-0.1, -0.05) is 0 Å². The fourth-order valence-electron chi connectivity index (χ4n) is 2.79. The van der Waals surface area contributed by atoms with Gasteiger partial charge in [0.1, 0.15) is 0 Å². The number of unbranched alkanes of at least 4 members (excludes halogenated alkanes) is 1. The van der Waals surface area contributed by atoms with Crippen LogP contribution in [0.5, 0.6) is 11.5 Å². The maximum absolute atomic E-state index is 5.54. The zero-order chi connectivity index (χ0) is 13.8. The summed E-state index contributed by atoms with van der Waals surface area (Å²) in [6.45, 7) is 6.71. The molecule has 0 spiro atoms. The first-order chi connectivity index (χ1) is 9.86. The molecule has 5 heteroatoms. The van der Waals surface area contributed by atoms with Gasteiger partial charge < -0.3 is 20.1 Å². The highest BCUT2D eigenvalue weighted by molar-refractivity contribution is 5.57. The Bertz CT molecular complexity index is 445. The highest BCUT2D eigenvalue weighted by Crippen LogP contribution is 2.35. The average Bonchev–Trinajstić information content (AvgIpc) is 2.96. The molecule has 0 aromatic heterocycles. The highest BCUT2D eigenvalue weighted by Gasteiger charge is 2.19. The van der Waals surface area contributed by atoms with Crippen molar-refractivity contribution in [2.75, 3.05) is 51.0 Å². The summed E-state index contributed by atoms with van der Waals surface area (Å²) in [6.07, 6.45) is 2.34. The number of nitrogens with zero attached hydrogens (tertiary/aromatic N) is 2. The third kappa shape index (κ3) is 2.99. The summed E-state index contributed by atoms with van der Waals surface area (Å²) in [7, 11) is 0. The van der Waals surface area contributed by atoms with Crippen molar-refractivity contribution in [3.63, 3.8) is 0 Å². The third-order valence-corrected chi connectivity index (χ3v) is 4.02. The second-order valence-corrected chi connectivity index (χ2v) is 5.36. The SMILES string of the molecule is NCCCCN1CCN(c2ccc3c(c2)OCO3)CC1. The van der Waals surface area contributed by atoms with E-state index in [0.29, 0.717) is 6.79 Å². The number of ether oxygens (including phenoxy) is 2. The van der Waals surface area contributed by atoms with Crippen molar-refractivity contribution >= 4 is 5.69 Å². The van der Waals surface area contributed by atoms with E-state index in [1.165, 1.54) is 18.7 Å². The lowest BCUT2D eigenvalue weighted by atomic mass is 10.2. The molecule has 0 aliphatic carbocycles. The van der Waals surface area contributed by atoms with E-state index < -0.39 is 0 Å². The molecule has 1 saturated heterocycles. The summed E-state index contributed by atoms with van der Waals surface area (Å²) in [5, 5.41) is 0. The number of hydrogen-bond acceptors (Lipinski definition) is 5. The minimum atomic E-state index is 0.341. The number of piperazine rings is 1. The highest BCUT2D eigenvalue weighted by atomic mass is 16.7. The normalized spacial score (nSPS) is 18.6. The summed E-state index contributed by atoms with van der Waals surface area (Å²) in [5.41, 5.74) is 6.77. The van der Waals surface area contributed by atoms with Crippen LogP contribution in [0.15, 0.2) is 18.2 Å². The topological polar surface area (TPSA) is 51.0 Å². The summed E-state index contributed by atoms with van der Waals surface area (Å²) in [4.78, 5) is 4.94. The number of rotatable bonds is 5. The Kier molecular flexibility index (Phi) is 4.28. The fraction of sp³-hybridized carbons (Fsp3) is 0.600. The maximum Gasteiger partial charge on any atom is 0.231 e. The van der Waals surface area contributed by atoms with Gasteiger partial charge in [-0.25, -0.2) is 0 Å². The average molecular weight is 277 g/mol. The Morgan fingerprint density at radius 1 is 1.00 bits per heavy atom. The molecule has 0 unspecified atom stereocenters. The molecule has 0 saturated carbocycles. The van der Waals surface area contributed by atoms with E-state index >= 15 is 0 Å². The van der Waals surface area contributed by atoms with Crippen molar-refractivity contribution in [3.8, 4) is 11.5 Å². The summed E-state index contributed by atoms with van der Waals surface area (Å²) in [6, 6.07) is 6.22. The molecular weight excluding hydrogens is 254 g/mol. The second-order valence-electron chi connectivity index (χ2n) is 5.36. The minimum absolute atomic E-state index is 0.341. The number of hydrogen-bond donors (Lipinski definition) is 1. The van der Waals surface area contributed by atoms with Crippen molar-refractivity contribution in [2.45, 2.75) is 12.8 Å². The predicted molar refractivity (Wildman–Crippen MR) is 79.5 cm³/mol. The van der Waals surface area contributed by atoms with Gasteiger partial charge in [0.05, 0.1) is 0 Å². The van der Waals surface area contributed by atoms with Crippen LogP contribution in [0.1, 0.15) is 12.8 Å². The first-order valence-corrected chi connectivity index (χ1v) is 7.44. The van der Waals surface area contributed by atoms with E-state index in [0.717, 1.165) is 50.6 Å². The van der Waals surface area contributed by atoms with Gasteiger partial charge in [0, 0.05) is 37.9 Å². The third-order valence-electron chi connectivity index (χ3n) is 4.02. The van der Waals surface area contributed by atoms with Gasteiger partial charge in [-0.15, -0.1) is 0 Å². The van der Waals surface area contributed by atoms with Crippen LogP contribution in [-0.2, 0) is 0 Å². The van der Waals surface area contributed by atoms with E-state index in [9.17, 15) is 0 Å². The van der Waals surface area contributed by atoms with Crippen LogP contribution < -0.4 is 20.1 Å². The van der Waals surface area contributed by atoms with E-state index in [1.807, 2.05) is 6.07 Å². The molecule has 1 aromatic carbocycles. The second kappa shape index (κ2) is 6.33. The van der Waals surface area contributed by atoms with Crippen LogP contribution in [-0.4, -0.2) is 51.0 Å². The molecule has 20 heavy (non-hydrogen) atoms. The van der Waals surface area contributed by atoms with Crippen molar-refractivity contribution in [2.24, 2.45) is 5.73 Å². The molecule has 2 aliphatic heterocycles. The molecule has 1 aromatic rings. The van der Waals surface area contributed by atoms with Gasteiger partial charge in [-0.3, -0.25) is 4.90 Å². The van der Waals surface area contributed by atoms with Crippen molar-refractivity contribution < 1.29 is 9.47 Å². The summed E-state index contributed by atoms with van der Waals surface area (Å²) < 4.78 is 10.8. The Balaban J connectivity index is 1.53. The lowest BCUT2D eigenvalue weighted by Crippen LogP contribution is -2.46. The minimum Gasteiger partial charge on any atom is -0.454 e. The molecular formula is C15H23N3O2. The van der Waals surface area contributed by atoms with Crippen molar-refractivity contribution in [3.05, 3.63) is 18.2 Å². The molecule has 5 nitrogen and oxygen atoms in total. The molecule has 0 atom stereocenters. The molecule has 2 heterocycles. The lowest BCUT2D eigenvalue weighted by Gasteiger charge is -2.36. The smallest absolute Gasteiger partial charge is 0.231 e. The number of nitrogens with two attached hydrogens (primary N) is 1. The van der Waals surface area contributed by atoms with E-state index in [2.05, 4.69) is 21.9 Å². The van der Waals surface area contributed by atoms with Crippen molar-refractivity contribution in [1.82, 2.24) is 4.90 Å². The first kappa shape index (κ1) is 13.5. The van der Waals surface area contributed by atoms with Crippen LogP contribution in [0, 0.1) is 0 Å². The van der Waals surface area contributed by atoms with Gasteiger partial charge in [0.25, 0.3) is 0 Å². The van der Waals surface area contributed by atoms with Crippen LogP contribution in [0.25, 0.3) is 0 Å². The number of benzene rings is 1. The predicted octanol–water partition coefficient (Wildman–Crippen LogP) is 1.28. The van der Waals surface area contributed by atoms with E-state index in [-0.39, 0.29) is 0 Å². The quantitative estimate of drug-likeness (QED) is 0.822. The molecule has 0 radical (unpaired) electrons. The zero-order valence-electron chi connectivity index (χ0n) is 11.9. The first-order valence-electron chi connectivity index (χ1n) is 7.44. The number of fused-ring (bicyclic) bond motifs is 1. The number of anilines is 1. The van der Waals surface area contributed by atoms with Gasteiger partial charge in [-0.2, -0.15) is 0 Å². The van der Waals surface area contributed by atoms with Crippen LogP contribution >= 0.6 is 0 Å². The Hall–Kier alpha value is -1.46. The Morgan fingerprint density at radius 3 is 2.60 bits per heavy atom. The van der Waals surface area contributed by atoms with Gasteiger partial charge in [0.15, 0.2) is 11.5 Å². The monoisotopic (exact) mass is 277 g/mol. The molecule has 0 bridgehead atoms. The van der Waals surface area contributed by atoms with Gasteiger partial charge in [0.2, 0.25) is 6.79 Å². The molecule has 2 aliphatic rings. The summed E-state index contributed by atoms with van der Waals surface area (Å²) >= 11 is 0. The molecule has 0 amide bonds. The van der Waals surface area contributed by atoms with Crippen LogP contribution in [0.4, 0.5) is 5.69 Å². The Labute approximate surface area is 120 Å². The fourth-order valence-corrected chi connectivity index (χ4v) is 2.79. The van der Waals surface area contributed by atoms with Gasteiger partial charge in [-0.05, 0) is 38.1 Å². The summed E-state index contributed by atoms with van der Waals surface area (Å²) in [5.74, 6) is 1.72. The molecule has 1 fully saturated rings. The van der Waals surface area contributed by atoms with E-state index in [4.69, 9.17) is 15.2 Å². The van der Waals surface area contributed by atoms with E-state index in [1.54, 1.807) is 0 Å².